The molecule has 2 rings (SSSR count). The van der Waals surface area contributed by atoms with Crippen molar-refractivity contribution in [2.24, 2.45) is 5.92 Å². The zero-order valence-electron chi connectivity index (χ0n) is 15.9. The lowest BCUT2D eigenvalue weighted by Gasteiger charge is -2.25. The number of hydrogen-bond donors (Lipinski definition) is 3. The Morgan fingerprint density at radius 2 is 1.79 bits per heavy atom. The van der Waals surface area contributed by atoms with Gasteiger partial charge in [-0.05, 0) is 29.7 Å². The number of halogens is 3. The van der Waals surface area contributed by atoms with Crippen LogP contribution in [0.1, 0.15) is 30.5 Å². The van der Waals surface area contributed by atoms with Gasteiger partial charge in [0.25, 0.3) is 0 Å². The van der Waals surface area contributed by atoms with E-state index < -0.39 is 18.3 Å². The standard InChI is InChI=1S/C21H25F3N2O2/c1-14(2)19(12-25-20(28)10-15-6-4-3-5-7-15)26-18-9-8-17(21(22,23)24)11-16(18)13-27/h3-9,11,14,19,26-27H,10,12-13H2,1-2H3,(H,25,28)/t19-/m0/s1. The van der Waals surface area contributed by atoms with E-state index in [9.17, 15) is 23.1 Å². The number of benzene rings is 2. The van der Waals surface area contributed by atoms with Crippen LogP contribution in [-0.2, 0) is 24.0 Å². The van der Waals surface area contributed by atoms with Crippen LogP contribution in [0.5, 0.6) is 0 Å². The van der Waals surface area contributed by atoms with Gasteiger partial charge in [-0.2, -0.15) is 13.2 Å². The summed E-state index contributed by atoms with van der Waals surface area (Å²) in [6.45, 7) is 3.69. The molecule has 28 heavy (non-hydrogen) atoms. The summed E-state index contributed by atoms with van der Waals surface area (Å²) in [7, 11) is 0. The number of aliphatic hydroxyl groups is 1. The lowest BCUT2D eigenvalue weighted by Crippen LogP contribution is -2.40. The Balaban J connectivity index is 2.03. The van der Waals surface area contributed by atoms with Gasteiger partial charge in [0.1, 0.15) is 0 Å². The summed E-state index contributed by atoms with van der Waals surface area (Å²) in [5.74, 6) is -0.0284. The molecular formula is C21H25F3N2O2. The number of hydrogen-bond acceptors (Lipinski definition) is 3. The van der Waals surface area contributed by atoms with Crippen molar-refractivity contribution in [2.75, 3.05) is 11.9 Å². The van der Waals surface area contributed by atoms with Crippen molar-refractivity contribution < 1.29 is 23.1 Å². The third-order valence-corrected chi connectivity index (χ3v) is 4.48. The number of alkyl halides is 3. The third kappa shape index (κ3) is 6.27. The first-order chi connectivity index (χ1) is 13.2. The summed E-state index contributed by atoms with van der Waals surface area (Å²) in [5, 5.41) is 15.5. The molecule has 1 atom stereocenters. The molecule has 0 unspecified atom stereocenters. The molecule has 0 spiro atoms. The number of aliphatic hydroxyl groups excluding tert-OH is 1. The smallest absolute Gasteiger partial charge is 0.392 e. The maximum Gasteiger partial charge on any atom is 0.416 e. The van der Waals surface area contributed by atoms with Crippen LogP contribution in [0.15, 0.2) is 48.5 Å². The molecule has 0 bridgehead atoms. The van der Waals surface area contributed by atoms with Crippen LogP contribution in [0.2, 0.25) is 0 Å². The van der Waals surface area contributed by atoms with Gasteiger partial charge in [0.15, 0.2) is 0 Å². The first kappa shape index (κ1) is 21.8. The normalized spacial score (nSPS) is 12.7. The van der Waals surface area contributed by atoms with Crippen molar-refractivity contribution in [1.29, 1.82) is 0 Å². The quantitative estimate of drug-likeness (QED) is 0.634. The average molecular weight is 394 g/mol. The maximum atomic E-state index is 12.9. The van der Waals surface area contributed by atoms with Gasteiger partial charge in [-0.25, -0.2) is 0 Å². The number of amides is 1. The molecule has 1 amide bonds. The number of nitrogens with one attached hydrogen (secondary N) is 2. The Kier molecular flexibility index (Phi) is 7.45. The van der Waals surface area contributed by atoms with Crippen molar-refractivity contribution in [3.05, 3.63) is 65.2 Å². The van der Waals surface area contributed by atoms with Gasteiger partial charge in [-0.3, -0.25) is 4.79 Å². The molecule has 0 aromatic heterocycles. The first-order valence-electron chi connectivity index (χ1n) is 9.09. The van der Waals surface area contributed by atoms with Gasteiger partial charge < -0.3 is 15.7 Å². The van der Waals surface area contributed by atoms with E-state index in [2.05, 4.69) is 10.6 Å². The van der Waals surface area contributed by atoms with E-state index in [1.165, 1.54) is 6.07 Å². The molecule has 2 aromatic carbocycles. The molecule has 152 valence electrons. The zero-order valence-corrected chi connectivity index (χ0v) is 15.9. The number of rotatable bonds is 8. The fraction of sp³-hybridized carbons (Fsp3) is 0.381. The van der Waals surface area contributed by atoms with E-state index in [0.29, 0.717) is 12.2 Å². The molecule has 0 aliphatic rings. The van der Waals surface area contributed by atoms with Gasteiger partial charge in [0, 0.05) is 23.8 Å². The second kappa shape index (κ2) is 9.59. The predicted molar refractivity (Wildman–Crippen MR) is 103 cm³/mol. The second-order valence-electron chi connectivity index (χ2n) is 6.99. The number of carbonyl (C=O) groups is 1. The molecule has 0 fully saturated rings. The lowest BCUT2D eigenvalue weighted by molar-refractivity contribution is -0.137. The highest BCUT2D eigenvalue weighted by Gasteiger charge is 2.31. The highest BCUT2D eigenvalue weighted by Crippen LogP contribution is 2.32. The van der Waals surface area contributed by atoms with E-state index in [1.807, 2.05) is 44.2 Å². The fourth-order valence-corrected chi connectivity index (χ4v) is 2.76. The second-order valence-corrected chi connectivity index (χ2v) is 6.99. The van der Waals surface area contributed by atoms with Crippen molar-refractivity contribution >= 4 is 11.6 Å². The molecular weight excluding hydrogens is 369 g/mol. The van der Waals surface area contributed by atoms with Crippen molar-refractivity contribution in [2.45, 2.75) is 39.1 Å². The van der Waals surface area contributed by atoms with Crippen molar-refractivity contribution in [3.8, 4) is 0 Å². The first-order valence-corrected chi connectivity index (χ1v) is 9.09. The molecule has 0 aliphatic heterocycles. The molecule has 0 saturated heterocycles. The summed E-state index contributed by atoms with van der Waals surface area (Å²) in [5.41, 5.74) is 0.682. The molecule has 0 heterocycles. The number of carbonyl (C=O) groups excluding carboxylic acids is 1. The maximum absolute atomic E-state index is 12.9. The highest BCUT2D eigenvalue weighted by molar-refractivity contribution is 5.78. The molecule has 2 aromatic rings. The summed E-state index contributed by atoms with van der Waals surface area (Å²) >= 11 is 0. The van der Waals surface area contributed by atoms with Crippen LogP contribution in [-0.4, -0.2) is 23.6 Å². The molecule has 3 N–H and O–H groups in total. The predicted octanol–water partition coefficient (Wildman–Crippen LogP) is 3.99. The van der Waals surface area contributed by atoms with Crippen molar-refractivity contribution in [1.82, 2.24) is 5.32 Å². The minimum absolute atomic E-state index is 0.103. The third-order valence-electron chi connectivity index (χ3n) is 4.48. The van der Waals surface area contributed by atoms with Gasteiger partial charge in [-0.15, -0.1) is 0 Å². The Hall–Kier alpha value is -2.54. The van der Waals surface area contributed by atoms with E-state index in [0.717, 1.165) is 17.7 Å². The summed E-state index contributed by atoms with van der Waals surface area (Å²) in [4.78, 5) is 12.2. The van der Waals surface area contributed by atoms with Gasteiger partial charge in [0.05, 0.1) is 18.6 Å². The Bertz CT molecular complexity index is 777. The zero-order chi connectivity index (χ0) is 20.7. The van der Waals surface area contributed by atoms with E-state index >= 15 is 0 Å². The molecule has 0 saturated carbocycles. The molecule has 0 radical (unpaired) electrons. The lowest BCUT2D eigenvalue weighted by atomic mass is 10.0. The minimum atomic E-state index is -4.47. The summed E-state index contributed by atoms with van der Waals surface area (Å²) in [6, 6.07) is 12.4. The summed E-state index contributed by atoms with van der Waals surface area (Å²) < 4.78 is 38.6. The van der Waals surface area contributed by atoms with E-state index in [1.54, 1.807) is 0 Å². The van der Waals surface area contributed by atoms with Crippen LogP contribution in [0.3, 0.4) is 0 Å². The van der Waals surface area contributed by atoms with E-state index in [-0.39, 0.29) is 29.9 Å². The Morgan fingerprint density at radius 3 is 2.36 bits per heavy atom. The van der Waals surface area contributed by atoms with Crippen molar-refractivity contribution in [3.63, 3.8) is 0 Å². The number of anilines is 1. The SMILES string of the molecule is CC(C)[C@H](CNC(=O)Cc1ccccc1)Nc1ccc(C(F)(F)F)cc1CO. The molecule has 4 nitrogen and oxygen atoms in total. The van der Waals surface area contributed by atoms with Crippen LogP contribution in [0.25, 0.3) is 0 Å². The molecule has 0 aliphatic carbocycles. The molecule has 7 heteroatoms. The van der Waals surface area contributed by atoms with Crippen LogP contribution < -0.4 is 10.6 Å². The topological polar surface area (TPSA) is 61.4 Å². The summed E-state index contributed by atoms with van der Waals surface area (Å²) in [6.07, 6.45) is -4.21. The largest absolute Gasteiger partial charge is 0.416 e. The van der Waals surface area contributed by atoms with Gasteiger partial charge in [-0.1, -0.05) is 44.2 Å². The van der Waals surface area contributed by atoms with Crippen LogP contribution in [0, 0.1) is 5.92 Å². The van der Waals surface area contributed by atoms with Crippen LogP contribution in [0.4, 0.5) is 18.9 Å². The van der Waals surface area contributed by atoms with Gasteiger partial charge in [0.2, 0.25) is 5.91 Å². The average Bonchev–Trinajstić information content (AvgIpc) is 2.64. The monoisotopic (exact) mass is 394 g/mol. The Morgan fingerprint density at radius 1 is 1.11 bits per heavy atom. The Labute approximate surface area is 162 Å². The van der Waals surface area contributed by atoms with Gasteiger partial charge >= 0.3 is 6.18 Å². The fourth-order valence-electron chi connectivity index (χ4n) is 2.76. The van der Waals surface area contributed by atoms with Crippen LogP contribution >= 0.6 is 0 Å². The minimum Gasteiger partial charge on any atom is -0.392 e. The highest BCUT2D eigenvalue weighted by atomic mass is 19.4. The van der Waals surface area contributed by atoms with E-state index in [4.69, 9.17) is 0 Å².